The van der Waals surface area contributed by atoms with E-state index in [1.807, 2.05) is 13.8 Å². The Morgan fingerprint density at radius 2 is 1.88 bits per heavy atom. The van der Waals surface area contributed by atoms with Crippen LogP contribution in [0.15, 0.2) is 24.3 Å². The fraction of sp³-hybridized carbons (Fsp3) is 0.368. The maximum absolute atomic E-state index is 13.8. The van der Waals surface area contributed by atoms with Crippen LogP contribution in [0.1, 0.15) is 47.4 Å². The van der Waals surface area contributed by atoms with Crippen LogP contribution in [0, 0.1) is 18.7 Å². The van der Waals surface area contributed by atoms with Crippen molar-refractivity contribution in [2.75, 3.05) is 0 Å². The molecule has 0 unspecified atom stereocenters. The molecule has 0 aliphatic heterocycles. The molecule has 0 bridgehead atoms. The maximum Gasteiger partial charge on any atom is 0.417 e. The minimum Gasteiger partial charge on any atom is -0.478 e. The van der Waals surface area contributed by atoms with Gasteiger partial charge in [0.15, 0.2) is 0 Å². The molecule has 26 heavy (non-hydrogen) atoms. The minimum absolute atomic E-state index is 0.0879. The predicted molar refractivity (Wildman–Crippen MR) is 89.5 cm³/mol. The number of aromatic carboxylic acids is 1. The van der Waals surface area contributed by atoms with Gasteiger partial charge in [0.25, 0.3) is 0 Å². The molecule has 1 aromatic heterocycles. The van der Waals surface area contributed by atoms with E-state index in [9.17, 15) is 27.5 Å². The summed E-state index contributed by atoms with van der Waals surface area (Å²) in [6.07, 6.45) is -4.29. The number of carboxylic acids is 1. The maximum atomic E-state index is 13.8. The highest BCUT2D eigenvalue weighted by atomic mass is 19.4. The zero-order valence-corrected chi connectivity index (χ0v) is 14.6. The van der Waals surface area contributed by atoms with E-state index in [1.54, 1.807) is 0 Å². The first-order valence-corrected chi connectivity index (χ1v) is 8.11. The monoisotopic (exact) mass is 369 g/mol. The topological polar surface area (TPSA) is 50.2 Å². The van der Waals surface area contributed by atoms with Crippen LogP contribution >= 0.6 is 0 Å². The lowest BCUT2D eigenvalue weighted by atomic mass is 9.97. The molecular weight excluding hydrogens is 350 g/mol. The summed E-state index contributed by atoms with van der Waals surface area (Å²) < 4.78 is 54.2. The summed E-state index contributed by atoms with van der Waals surface area (Å²) in [7, 11) is 0. The lowest BCUT2D eigenvalue weighted by Crippen LogP contribution is -2.18. The van der Waals surface area contributed by atoms with Crippen molar-refractivity contribution in [1.82, 2.24) is 4.98 Å². The Hall–Kier alpha value is -2.44. The van der Waals surface area contributed by atoms with E-state index in [-0.39, 0.29) is 29.3 Å². The van der Waals surface area contributed by atoms with Crippen LogP contribution in [0.25, 0.3) is 11.3 Å². The molecule has 3 nitrogen and oxygen atoms in total. The van der Waals surface area contributed by atoms with Gasteiger partial charge in [-0.2, -0.15) is 13.2 Å². The van der Waals surface area contributed by atoms with E-state index in [2.05, 4.69) is 4.98 Å². The van der Waals surface area contributed by atoms with Crippen LogP contribution in [0.2, 0.25) is 0 Å². The van der Waals surface area contributed by atoms with Gasteiger partial charge in [0.2, 0.25) is 0 Å². The second-order valence-electron chi connectivity index (χ2n) is 6.58. The average Bonchev–Trinajstić information content (AvgIpc) is 2.53. The summed E-state index contributed by atoms with van der Waals surface area (Å²) in [5.41, 5.74) is -1.82. The van der Waals surface area contributed by atoms with Crippen LogP contribution in [0.3, 0.4) is 0 Å². The molecule has 0 radical (unpaired) electrons. The lowest BCUT2D eigenvalue weighted by molar-refractivity contribution is -0.138. The second-order valence-corrected chi connectivity index (χ2v) is 6.58. The van der Waals surface area contributed by atoms with Crippen LogP contribution in [-0.4, -0.2) is 16.1 Å². The fourth-order valence-corrected chi connectivity index (χ4v) is 2.57. The lowest BCUT2D eigenvalue weighted by Gasteiger charge is -2.17. The zero-order valence-electron chi connectivity index (χ0n) is 14.6. The van der Waals surface area contributed by atoms with Crippen molar-refractivity contribution in [1.29, 1.82) is 0 Å². The van der Waals surface area contributed by atoms with Crippen molar-refractivity contribution in [3.05, 3.63) is 52.5 Å². The number of carbonyl (C=O) groups is 1. The Labute approximate surface area is 148 Å². The average molecular weight is 369 g/mol. The van der Waals surface area contributed by atoms with E-state index in [1.165, 1.54) is 19.1 Å². The summed E-state index contributed by atoms with van der Waals surface area (Å²) in [6.45, 7) is 5.30. The molecule has 1 heterocycles. The molecule has 1 aromatic carbocycles. The van der Waals surface area contributed by atoms with Crippen molar-refractivity contribution in [2.45, 2.75) is 39.8 Å². The molecule has 140 valence electrons. The number of pyridine rings is 1. The third-order valence-corrected chi connectivity index (χ3v) is 4.04. The molecule has 1 N–H and O–H groups in total. The smallest absolute Gasteiger partial charge is 0.417 e. The predicted octanol–water partition coefficient (Wildman–Crippen LogP) is 5.50. The Bertz CT molecular complexity index is 829. The number of hydrogen-bond acceptors (Lipinski definition) is 2. The Kier molecular flexibility index (Phi) is 5.68. The molecular formula is C19H19F4NO2. The quantitative estimate of drug-likeness (QED) is 0.708. The highest BCUT2D eigenvalue weighted by molar-refractivity contribution is 5.91. The van der Waals surface area contributed by atoms with Gasteiger partial charge in [0.05, 0.1) is 22.5 Å². The molecule has 7 heteroatoms. The van der Waals surface area contributed by atoms with E-state index in [4.69, 9.17) is 0 Å². The van der Waals surface area contributed by atoms with Crippen molar-refractivity contribution in [2.24, 2.45) is 5.92 Å². The summed E-state index contributed by atoms with van der Waals surface area (Å²) >= 11 is 0. The van der Waals surface area contributed by atoms with Gasteiger partial charge in [0, 0.05) is 5.56 Å². The number of hydrogen-bond donors (Lipinski definition) is 1. The number of alkyl halides is 3. The minimum atomic E-state index is -4.86. The Balaban J connectivity index is 2.71. The highest BCUT2D eigenvalue weighted by Gasteiger charge is 2.38. The first-order valence-electron chi connectivity index (χ1n) is 8.11. The first kappa shape index (κ1) is 19.9. The standard InChI is InChI=1S/C19H19F4NO2/c1-10(2)4-7-15-17(18(25)26)13(19(21,22)23)9-16(24-15)12-6-5-11(3)14(20)8-12/h5-6,8-10H,4,7H2,1-3H3,(H,25,26). The largest absolute Gasteiger partial charge is 0.478 e. The summed E-state index contributed by atoms with van der Waals surface area (Å²) in [6, 6.07) is 4.68. The molecule has 2 aromatic rings. The van der Waals surface area contributed by atoms with Gasteiger partial charge in [-0.1, -0.05) is 26.0 Å². The molecule has 0 aliphatic rings. The van der Waals surface area contributed by atoms with Crippen molar-refractivity contribution >= 4 is 5.97 Å². The normalized spacial score (nSPS) is 11.8. The van der Waals surface area contributed by atoms with Crippen LogP contribution in [-0.2, 0) is 12.6 Å². The van der Waals surface area contributed by atoms with Crippen LogP contribution < -0.4 is 0 Å². The Morgan fingerprint density at radius 1 is 1.23 bits per heavy atom. The number of carboxylic acid groups (broad SMARTS) is 1. The van der Waals surface area contributed by atoms with Crippen molar-refractivity contribution in [3.8, 4) is 11.3 Å². The van der Waals surface area contributed by atoms with Crippen molar-refractivity contribution < 1.29 is 27.5 Å². The number of nitrogens with zero attached hydrogens (tertiary/aromatic N) is 1. The van der Waals surface area contributed by atoms with E-state index in [0.29, 0.717) is 18.1 Å². The van der Waals surface area contributed by atoms with Gasteiger partial charge in [-0.25, -0.2) is 9.18 Å². The number of benzene rings is 1. The molecule has 0 saturated heterocycles. The van der Waals surface area contributed by atoms with Gasteiger partial charge in [-0.3, -0.25) is 4.98 Å². The molecule has 0 aliphatic carbocycles. The molecule has 0 amide bonds. The first-order chi connectivity index (χ1) is 12.0. The second kappa shape index (κ2) is 7.43. The summed E-state index contributed by atoms with van der Waals surface area (Å²) in [5, 5.41) is 9.32. The summed E-state index contributed by atoms with van der Waals surface area (Å²) in [5.74, 6) is -2.08. The highest BCUT2D eigenvalue weighted by Crippen LogP contribution is 2.36. The SMILES string of the molecule is Cc1ccc(-c2cc(C(F)(F)F)c(C(=O)O)c(CCC(C)C)n2)cc1F. The summed E-state index contributed by atoms with van der Waals surface area (Å²) in [4.78, 5) is 15.6. The molecule has 2 rings (SSSR count). The third-order valence-electron chi connectivity index (χ3n) is 4.04. The van der Waals surface area contributed by atoms with Gasteiger partial charge < -0.3 is 5.11 Å². The van der Waals surface area contributed by atoms with E-state index in [0.717, 1.165) is 6.07 Å². The molecule has 0 spiro atoms. The third kappa shape index (κ3) is 4.39. The number of rotatable bonds is 5. The molecule has 0 saturated carbocycles. The van der Waals surface area contributed by atoms with E-state index >= 15 is 0 Å². The van der Waals surface area contributed by atoms with Crippen LogP contribution in [0.5, 0.6) is 0 Å². The van der Waals surface area contributed by atoms with Gasteiger partial charge in [0.1, 0.15) is 5.82 Å². The van der Waals surface area contributed by atoms with Gasteiger partial charge in [-0.05, 0) is 43.4 Å². The number of aryl methyl sites for hydroxylation is 2. The van der Waals surface area contributed by atoms with Gasteiger partial charge >= 0.3 is 12.1 Å². The van der Waals surface area contributed by atoms with Crippen molar-refractivity contribution in [3.63, 3.8) is 0 Å². The van der Waals surface area contributed by atoms with Gasteiger partial charge in [-0.15, -0.1) is 0 Å². The van der Waals surface area contributed by atoms with E-state index < -0.39 is 29.1 Å². The zero-order chi connectivity index (χ0) is 19.6. The van der Waals surface area contributed by atoms with Crippen LogP contribution in [0.4, 0.5) is 17.6 Å². The number of aromatic nitrogens is 1. The number of halogens is 4. The fourth-order valence-electron chi connectivity index (χ4n) is 2.57. The Morgan fingerprint density at radius 3 is 2.38 bits per heavy atom. The molecule has 0 fully saturated rings. The molecule has 0 atom stereocenters.